The van der Waals surface area contributed by atoms with E-state index in [2.05, 4.69) is 9.78 Å². The topological polar surface area (TPSA) is 38.8 Å². The first-order chi connectivity index (χ1) is 8.80. The molecule has 19 heavy (non-hydrogen) atoms. The Balaban J connectivity index is 2.20. The Labute approximate surface area is 103 Å². The molecule has 1 saturated heterocycles. The maximum absolute atomic E-state index is 13.7. The van der Waals surface area contributed by atoms with Crippen molar-refractivity contribution in [1.29, 1.82) is 0 Å². The van der Waals surface area contributed by atoms with Gasteiger partial charge in [0.05, 0.1) is 0 Å². The van der Waals surface area contributed by atoms with E-state index in [4.69, 9.17) is 0 Å². The van der Waals surface area contributed by atoms with Gasteiger partial charge in [-0.2, -0.15) is 13.2 Å². The standard InChI is InChI=1S/C10H6F5NO3/c11-7-9(12,13)10(14,8(17)16(7)15)19-18-6-4-2-1-3-5-6/h1-5,7H. The number of amides is 1. The molecular weight excluding hydrogens is 277 g/mol. The van der Waals surface area contributed by atoms with Gasteiger partial charge in [0.25, 0.3) is 6.30 Å². The van der Waals surface area contributed by atoms with Gasteiger partial charge in [0, 0.05) is 0 Å². The van der Waals surface area contributed by atoms with Crippen molar-refractivity contribution in [2.75, 3.05) is 0 Å². The Kier molecular flexibility index (Phi) is 3.09. The Bertz CT molecular complexity index is 485. The van der Waals surface area contributed by atoms with Gasteiger partial charge in [-0.05, 0) is 12.1 Å². The number of para-hydroxylation sites is 1. The summed E-state index contributed by atoms with van der Waals surface area (Å²) >= 11 is 0. The van der Waals surface area contributed by atoms with Crippen molar-refractivity contribution in [2.24, 2.45) is 0 Å². The van der Waals surface area contributed by atoms with Crippen molar-refractivity contribution >= 4 is 5.91 Å². The molecule has 9 heteroatoms. The summed E-state index contributed by atoms with van der Waals surface area (Å²) in [6, 6.07) is 6.73. The lowest BCUT2D eigenvalue weighted by atomic mass is 10.2. The molecule has 0 spiro atoms. The normalized spacial score (nSPS) is 29.6. The van der Waals surface area contributed by atoms with Gasteiger partial charge in [-0.15, -0.1) is 10.0 Å². The minimum Gasteiger partial charge on any atom is -0.333 e. The lowest BCUT2D eigenvalue weighted by Crippen LogP contribution is -2.50. The lowest BCUT2D eigenvalue weighted by molar-refractivity contribution is -0.376. The molecule has 0 saturated carbocycles. The highest BCUT2D eigenvalue weighted by Gasteiger charge is 2.78. The van der Waals surface area contributed by atoms with Gasteiger partial charge in [-0.3, -0.25) is 4.79 Å². The number of nitrogens with zero attached hydrogens (tertiary/aromatic N) is 1. The summed E-state index contributed by atoms with van der Waals surface area (Å²) in [7, 11) is 0. The highest BCUT2D eigenvalue weighted by molar-refractivity contribution is 5.87. The molecule has 2 atom stereocenters. The smallest absolute Gasteiger partial charge is 0.333 e. The van der Waals surface area contributed by atoms with E-state index >= 15 is 0 Å². The fraction of sp³-hybridized carbons (Fsp3) is 0.300. The summed E-state index contributed by atoms with van der Waals surface area (Å²) in [5, 5.41) is -1.58. The fourth-order valence-corrected chi connectivity index (χ4v) is 1.35. The second kappa shape index (κ2) is 4.34. The minimum atomic E-state index is -5.05. The third-order valence-electron chi connectivity index (χ3n) is 2.39. The highest BCUT2D eigenvalue weighted by Crippen LogP contribution is 2.47. The van der Waals surface area contributed by atoms with Crippen LogP contribution >= 0.6 is 0 Å². The van der Waals surface area contributed by atoms with Gasteiger partial charge >= 0.3 is 17.7 Å². The van der Waals surface area contributed by atoms with Gasteiger partial charge in [0.1, 0.15) is 0 Å². The summed E-state index contributed by atoms with van der Waals surface area (Å²) in [6.45, 7) is 0. The molecule has 0 N–H and O–H groups in total. The van der Waals surface area contributed by atoms with Crippen molar-refractivity contribution in [1.82, 2.24) is 5.12 Å². The number of rotatable bonds is 3. The predicted octanol–water partition coefficient (Wildman–Crippen LogP) is 2.32. The molecule has 0 aliphatic carbocycles. The van der Waals surface area contributed by atoms with Crippen LogP contribution < -0.4 is 4.89 Å². The Morgan fingerprint density at radius 1 is 1.16 bits per heavy atom. The largest absolute Gasteiger partial charge is 0.398 e. The molecule has 2 unspecified atom stereocenters. The van der Waals surface area contributed by atoms with Crippen molar-refractivity contribution in [3.63, 3.8) is 0 Å². The number of carbonyl (C=O) groups is 1. The molecule has 1 aliphatic rings. The van der Waals surface area contributed by atoms with E-state index < -0.39 is 29.1 Å². The Morgan fingerprint density at radius 2 is 1.74 bits per heavy atom. The van der Waals surface area contributed by atoms with Gasteiger partial charge < -0.3 is 4.89 Å². The summed E-state index contributed by atoms with van der Waals surface area (Å²) in [5.74, 6) is -12.4. The minimum absolute atomic E-state index is 0.226. The van der Waals surface area contributed by atoms with Crippen molar-refractivity contribution in [2.45, 2.75) is 18.1 Å². The summed E-state index contributed by atoms with van der Waals surface area (Å²) in [5.41, 5.74) is 0. The maximum atomic E-state index is 13.7. The Hall–Kier alpha value is -1.90. The Morgan fingerprint density at radius 3 is 2.21 bits per heavy atom. The van der Waals surface area contributed by atoms with Crippen LogP contribution in [0.4, 0.5) is 22.0 Å². The van der Waals surface area contributed by atoms with Crippen molar-refractivity contribution < 1.29 is 36.6 Å². The molecule has 1 aromatic rings. The quantitative estimate of drug-likeness (QED) is 0.281. The zero-order chi connectivity index (χ0) is 14.3. The molecule has 104 valence electrons. The van der Waals surface area contributed by atoms with Crippen molar-refractivity contribution in [3.05, 3.63) is 30.3 Å². The van der Waals surface area contributed by atoms with Crippen molar-refractivity contribution in [3.8, 4) is 5.75 Å². The van der Waals surface area contributed by atoms with E-state index in [0.717, 1.165) is 0 Å². The third-order valence-corrected chi connectivity index (χ3v) is 2.39. The van der Waals surface area contributed by atoms with Gasteiger partial charge in [0.2, 0.25) is 0 Å². The van der Waals surface area contributed by atoms with E-state index in [-0.39, 0.29) is 5.75 Å². The molecule has 1 heterocycles. The molecule has 1 fully saturated rings. The van der Waals surface area contributed by atoms with Crippen LogP contribution in [0.3, 0.4) is 0 Å². The zero-order valence-electron chi connectivity index (χ0n) is 9.03. The number of hydrogen-bond donors (Lipinski definition) is 0. The summed E-state index contributed by atoms with van der Waals surface area (Å²) < 4.78 is 65.4. The van der Waals surface area contributed by atoms with E-state index in [9.17, 15) is 26.8 Å². The maximum Gasteiger partial charge on any atom is 0.398 e. The third kappa shape index (κ3) is 1.89. The lowest BCUT2D eigenvalue weighted by Gasteiger charge is -2.22. The molecule has 0 radical (unpaired) electrons. The number of hydrogen-bond acceptors (Lipinski definition) is 3. The van der Waals surface area contributed by atoms with E-state index in [1.807, 2.05) is 0 Å². The van der Waals surface area contributed by atoms with Gasteiger partial charge in [0.15, 0.2) is 5.75 Å². The molecule has 1 amide bonds. The van der Waals surface area contributed by atoms with E-state index in [1.54, 1.807) is 0 Å². The SMILES string of the molecule is O=C1N(F)C(F)C(F)(F)C1(F)OOc1ccccc1. The van der Waals surface area contributed by atoms with Crippen LogP contribution in [0.1, 0.15) is 0 Å². The first-order valence-electron chi connectivity index (χ1n) is 4.91. The van der Waals surface area contributed by atoms with E-state index in [0.29, 0.717) is 0 Å². The number of alkyl halides is 4. The molecule has 1 aliphatic heterocycles. The van der Waals surface area contributed by atoms with Crippen LogP contribution in [-0.2, 0) is 9.68 Å². The molecule has 0 bridgehead atoms. The fourth-order valence-electron chi connectivity index (χ4n) is 1.35. The molecule has 0 aromatic heterocycles. The van der Waals surface area contributed by atoms with E-state index in [1.165, 1.54) is 30.3 Å². The first-order valence-corrected chi connectivity index (χ1v) is 4.91. The molecule has 1 aromatic carbocycles. The second-order valence-corrected chi connectivity index (χ2v) is 3.65. The summed E-state index contributed by atoms with van der Waals surface area (Å²) in [4.78, 5) is 18.7. The average Bonchev–Trinajstić information content (AvgIpc) is 2.52. The van der Waals surface area contributed by atoms with Crippen LogP contribution in [0.25, 0.3) is 0 Å². The second-order valence-electron chi connectivity index (χ2n) is 3.65. The van der Waals surface area contributed by atoms with Crippen LogP contribution in [0, 0.1) is 0 Å². The first kappa shape index (κ1) is 13.5. The average molecular weight is 283 g/mol. The molecular formula is C10H6F5NO3. The molecule has 4 nitrogen and oxygen atoms in total. The number of halogens is 5. The van der Waals surface area contributed by atoms with Crippen LogP contribution in [0.2, 0.25) is 0 Å². The highest BCUT2D eigenvalue weighted by atomic mass is 19.3. The number of benzene rings is 1. The summed E-state index contributed by atoms with van der Waals surface area (Å²) in [6.07, 6.45) is -3.79. The van der Waals surface area contributed by atoms with Crippen LogP contribution in [0.15, 0.2) is 30.3 Å². The number of carbonyl (C=O) groups excluding carboxylic acids is 1. The predicted molar refractivity (Wildman–Crippen MR) is 49.8 cm³/mol. The monoisotopic (exact) mass is 283 g/mol. The van der Waals surface area contributed by atoms with Gasteiger partial charge in [-0.25, -0.2) is 4.39 Å². The van der Waals surface area contributed by atoms with Crippen LogP contribution in [-0.4, -0.2) is 29.1 Å². The van der Waals surface area contributed by atoms with Crippen LogP contribution in [0.5, 0.6) is 5.75 Å². The molecule has 2 rings (SSSR count). The zero-order valence-corrected chi connectivity index (χ0v) is 9.03. The van der Waals surface area contributed by atoms with Gasteiger partial charge in [-0.1, -0.05) is 22.7 Å².